The van der Waals surface area contributed by atoms with Crippen LogP contribution in [0.2, 0.25) is 0 Å². The molecule has 1 N–H and O–H groups in total. The number of hydrogen-bond donors (Lipinski definition) is 1. The molecule has 2 rings (SSSR count). The second-order valence-electron chi connectivity index (χ2n) is 5.85. The molecule has 132 valence electrons. The molecule has 0 unspecified atom stereocenters. The van der Waals surface area contributed by atoms with Crippen molar-refractivity contribution in [3.63, 3.8) is 0 Å². The van der Waals surface area contributed by atoms with Crippen LogP contribution in [0.25, 0.3) is 0 Å². The zero-order valence-electron chi connectivity index (χ0n) is 14.7. The number of nitrogens with zero attached hydrogens (tertiary/aromatic N) is 2. The molecule has 0 bridgehead atoms. The van der Waals surface area contributed by atoms with Gasteiger partial charge in [-0.25, -0.2) is 5.43 Å². The van der Waals surface area contributed by atoms with Crippen molar-refractivity contribution in [2.24, 2.45) is 5.10 Å². The molecular weight excluding hydrogens is 318 g/mol. The second-order valence-corrected chi connectivity index (χ2v) is 5.85. The summed E-state index contributed by atoms with van der Waals surface area (Å²) in [6.07, 6.45) is 4.11. The molecule has 25 heavy (non-hydrogen) atoms. The van der Waals surface area contributed by atoms with Gasteiger partial charge in [0.1, 0.15) is 11.3 Å². The van der Waals surface area contributed by atoms with Gasteiger partial charge in [0, 0.05) is 12.2 Å². The van der Waals surface area contributed by atoms with Gasteiger partial charge in [0.05, 0.1) is 12.8 Å². The van der Waals surface area contributed by atoms with E-state index < -0.39 is 5.91 Å². The number of aromatic nitrogens is 1. The Hall–Kier alpha value is -2.89. The summed E-state index contributed by atoms with van der Waals surface area (Å²) in [5.41, 5.74) is 2.92. The number of carbonyl (C=O) groups is 1. The van der Waals surface area contributed by atoms with Gasteiger partial charge in [0.15, 0.2) is 0 Å². The zero-order valence-corrected chi connectivity index (χ0v) is 14.7. The number of carbonyl (C=O) groups excluding carboxylic acids is 1. The zero-order chi connectivity index (χ0) is 18.2. The van der Waals surface area contributed by atoms with E-state index in [1.165, 1.54) is 16.8 Å². The molecule has 2 aromatic rings. The van der Waals surface area contributed by atoms with Crippen LogP contribution < -0.4 is 15.7 Å². The fraction of sp³-hybridized carbons (Fsp3) is 0.316. The summed E-state index contributed by atoms with van der Waals surface area (Å²) in [5, 5.41) is 3.93. The highest BCUT2D eigenvalue weighted by Gasteiger charge is 2.12. The number of ether oxygens (including phenoxy) is 1. The quantitative estimate of drug-likeness (QED) is 0.621. The molecule has 6 heteroatoms. The summed E-state index contributed by atoms with van der Waals surface area (Å²) in [5.74, 6) is 0.217. The van der Waals surface area contributed by atoms with Crippen LogP contribution in [0.1, 0.15) is 49.2 Å². The van der Waals surface area contributed by atoms with Gasteiger partial charge in [-0.15, -0.1) is 0 Å². The molecule has 0 saturated carbocycles. The molecule has 1 amide bonds. The number of hydrogen-bond acceptors (Lipinski definition) is 4. The van der Waals surface area contributed by atoms with E-state index >= 15 is 0 Å². The Balaban J connectivity index is 2.06. The van der Waals surface area contributed by atoms with Crippen molar-refractivity contribution in [3.8, 4) is 5.75 Å². The number of nitrogens with one attached hydrogen (secondary N) is 1. The Morgan fingerprint density at radius 3 is 2.84 bits per heavy atom. The van der Waals surface area contributed by atoms with Gasteiger partial charge in [-0.1, -0.05) is 19.1 Å². The number of hydrazone groups is 1. The maximum Gasteiger partial charge on any atom is 0.276 e. The Morgan fingerprint density at radius 1 is 1.32 bits per heavy atom. The predicted octanol–water partition coefficient (Wildman–Crippen LogP) is 2.98. The highest BCUT2D eigenvalue weighted by atomic mass is 16.5. The van der Waals surface area contributed by atoms with Crippen molar-refractivity contribution >= 4 is 12.1 Å². The van der Waals surface area contributed by atoms with Gasteiger partial charge in [0.25, 0.3) is 11.5 Å². The molecule has 0 spiro atoms. The van der Waals surface area contributed by atoms with Crippen molar-refractivity contribution < 1.29 is 9.53 Å². The summed E-state index contributed by atoms with van der Waals surface area (Å²) < 4.78 is 7.06. The highest BCUT2D eigenvalue weighted by Crippen LogP contribution is 2.12. The molecule has 0 aliphatic carbocycles. The van der Waals surface area contributed by atoms with Crippen molar-refractivity contribution in [2.75, 3.05) is 6.61 Å². The largest absolute Gasteiger partial charge is 0.494 e. The van der Waals surface area contributed by atoms with E-state index in [1.54, 1.807) is 12.3 Å². The van der Waals surface area contributed by atoms with Gasteiger partial charge in [-0.05, 0) is 50.1 Å². The van der Waals surface area contributed by atoms with Crippen LogP contribution in [0.5, 0.6) is 5.75 Å². The summed E-state index contributed by atoms with van der Waals surface area (Å²) >= 11 is 0. The van der Waals surface area contributed by atoms with Crippen molar-refractivity contribution in [3.05, 3.63) is 64.1 Å². The summed E-state index contributed by atoms with van der Waals surface area (Å²) in [4.78, 5) is 24.4. The van der Waals surface area contributed by atoms with E-state index in [2.05, 4.69) is 10.5 Å². The molecule has 0 radical (unpaired) electrons. The molecule has 6 nitrogen and oxygen atoms in total. The standard InChI is InChI=1S/C19H23N3O3/c1-4-11-25-16-8-5-7-15(12-16)13-20-21-18(23)17-9-6-10-22(14(2)3)19(17)24/h5-10,12-14H,4,11H2,1-3H3,(H,21,23)/b20-13-. The molecule has 1 heterocycles. The second kappa shape index (κ2) is 8.82. The van der Waals surface area contributed by atoms with Crippen LogP contribution in [-0.2, 0) is 0 Å². The van der Waals surface area contributed by atoms with Crippen LogP contribution in [0.3, 0.4) is 0 Å². The molecule has 1 aromatic heterocycles. The average molecular weight is 341 g/mol. The predicted molar refractivity (Wildman–Crippen MR) is 98.4 cm³/mol. The van der Waals surface area contributed by atoms with E-state index in [0.29, 0.717) is 6.61 Å². The van der Waals surface area contributed by atoms with Crippen molar-refractivity contribution in [1.29, 1.82) is 0 Å². The Bertz CT molecular complexity index is 810. The number of benzene rings is 1. The highest BCUT2D eigenvalue weighted by molar-refractivity contribution is 5.94. The molecular formula is C19H23N3O3. The van der Waals surface area contributed by atoms with Gasteiger partial charge in [-0.2, -0.15) is 5.10 Å². The normalized spacial score (nSPS) is 11.0. The summed E-state index contributed by atoms with van der Waals surface area (Å²) in [7, 11) is 0. The van der Waals surface area contributed by atoms with Crippen LogP contribution in [-0.4, -0.2) is 23.3 Å². The number of amides is 1. The summed E-state index contributed by atoms with van der Waals surface area (Å²) in [6, 6.07) is 10.5. The molecule has 0 aliphatic heterocycles. The first kappa shape index (κ1) is 18.4. The monoisotopic (exact) mass is 341 g/mol. The Labute approximate surface area is 147 Å². The molecule has 0 aliphatic rings. The molecule has 0 atom stereocenters. The SMILES string of the molecule is CCCOc1cccc(/C=N\NC(=O)c2cccn(C(C)C)c2=O)c1. The minimum absolute atomic E-state index is 0.0189. The lowest BCUT2D eigenvalue weighted by atomic mass is 10.2. The lowest BCUT2D eigenvalue weighted by Crippen LogP contribution is -2.31. The lowest BCUT2D eigenvalue weighted by Gasteiger charge is -2.10. The first-order chi connectivity index (χ1) is 12.0. The Kier molecular flexibility index (Phi) is 6.51. The number of pyridine rings is 1. The van der Waals surface area contributed by atoms with E-state index in [0.717, 1.165) is 17.7 Å². The third kappa shape index (κ3) is 5.04. The van der Waals surface area contributed by atoms with Gasteiger partial charge < -0.3 is 9.30 Å². The topological polar surface area (TPSA) is 72.7 Å². The Morgan fingerprint density at radius 2 is 2.12 bits per heavy atom. The molecule has 1 aromatic carbocycles. The van der Waals surface area contributed by atoms with Gasteiger partial charge in [-0.3, -0.25) is 9.59 Å². The van der Waals surface area contributed by atoms with Crippen LogP contribution in [0, 0.1) is 0 Å². The van der Waals surface area contributed by atoms with E-state index in [9.17, 15) is 9.59 Å². The van der Waals surface area contributed by atoms with Crippen molar-refractivity contribution in [1.82, 2.24) is 9.99 Å². The first-order valence-electron chi connectivity index (χ1n) is 8.30. The fourth-order valence-corrected chi connectivity index (χ4v) is 2.22. The minimum Gasteiger partial charge on any atom is -0.494 e. The van der Waals surface area contributed by atoms with Crippen LogP contribution >= 0.6 is 0 Å². The maximum atomic E-state index is 12.3. The van der Waals surface area contributed by atoms with Crippen LogP contribution in [0.4, 0.5) is 0 Å². The number of rotatable bonds is 7. The third-order valence-corrected chi connectivity index (χ3v) is 3.49. The molecule has 0 saturated heterocycles. The maximum absolute atomic E-state index is 12.3. The third-order valence-electron chi connectivity index (χ3n) is 3.49. The van der Waals surface area contributed by atoms with E-state index in [4.69, 9.17) is 4.74 Å². The van der Waals surface area contributed by atoms with Gasteiger partial charge >= 0.3 is 0 Å². The van der Waals surface area contributed by atoms with Gasteiger partial charge in [0.2, 0.25) is 0 Å². The van der Waals surface area contributed by atoms with Crippen molar-refractivity contribution in [2.45, 2.75) is 33.2 Å². The average Bonchev–Trinajstić information content (AvgIpc) is 2.60. The fourth-order valence-electron chi connectivity index (χ4n) is 2.22. The lowest BCUT2D eigenvalue weighted by molar-refractivity contribution is 0.0953. The van der Waals surface area contributed by atoms with Crippen LogP contribution in [0.15, 0.2) is 52.5 Å². The smallest absolute Gasteiger partial charge is 0.276 e. The molecule has 0 fully saturated rings. The van der Waals surface area contributed by atoms with E-state index in [1.807, 2.05) is 45.0 Å². The summed E-state index contributed by atoms with van der Waals surface area (Å²) in [6.45, 7) is 6.45. The minimum atomic E-state index is -0.533. The first-order valence-corrected chi connectivity index (χ1v) is 8.30. The van der Waals surface area contributed by atoms with E-state index in [-0.39, 0.29) is 17.2 Å².